The smallest absolute Gasteiger partial charge is 0.135 e. The normalized spacial score (nSPS) is 9.08. The number of hydrogen-bond donors (Lipinski definition) is 0. The van der Waals surface area contributed by atoms with Crippen molar-refractivity contribution in [3.8, 4) is 0 Å². The molecule has 0 aliphatic heterocycles. The molecular formula is C9H11Cl2NO. The molecule has 1 rings (SSSR count). The molecule has 0 aliphatic carbocycles. The SMILES string of the molecule is CC(=O)Cc1cc(CCl)ccn1.Cl. The van der Waals surface area contributed by atoms with E-state index >= 15 is 0 Å². The first-order chi connectivity index (χ1) is 5.72. The third kappa shape index (κ3) is 4.25. The van der Waals surface area contributed by atoms with Crippen LogP contribution >= 0.6 is 24.0 Å². The molecule has 0 unspecified atom stereocenters. The van der Waals surface area contributed by atoms with Crippen molar-refractivity contribution in [3.05, 3.63) is 29.6 Å². The Morgan fingerprint density at radius 2 is 2.31 bits per heavy atom. The number of Topliss-reactive ketones (excluding diaryl/α,β-unsaturated/α-hetero) is 1. The van der Waals surface area contributed by atoms with Crippen molar-refractivity contribution in [2.24, 2.45) is 0 Å². The lowest BCUT2D eigenvalue weighted by Gasteiger charge is -1.98. The summed E-state index contributed by atoms with van der Waals surface area (Å²) in [6, 6.07) is 3.70. The number of carbonyl (C=O) groups is 1. The largest absolute Gasteiger partial charge is 0.300 e. The van der Waals surface area contributed by atoms with E-state index in [1.165, 1.54) is 0 Å². The minimum absolute atomic E-state index is 0. The third-order valence-corrected chi connectivity index (χ3v) is 1.77. The van der Waals surface area contributed by atoms with E-state index in [1.807, 2.05) is 12.1 Å². The van der Waals surface area contributed by atoms with E-state index in [0.717, 1.165) is 11.3 Å². The molecule has 0 radical (unpaired) electrons. The first-order valence-corrected chi connectivity index (χ1v) is 4.25. The number of pyridine rings is 1. The van der Waals surface area contributed by atoms with Crippen LogP contribution in [0.3, 0.4) is 0 Å². The fraction of sp³-hybridized carbons (Fsp3) is 0.333. The van der Waals surface area contributed by atoms with Gasteiger partial charge in [-0.2, -0.15) is 0 Å². The van der Waals surface area contributed by atoms with E-state index in [9.17, 15) is 4.79 Å². The van der Waals surface area contributed by atoms with Crippen molar-refractivity contribution in [3.63, 3.8) is 0 Å². The Bertz CT molecular complexity index is 289. The van der Waals surface area contributed by atoms with Gasteiger partial charge in [0, 0.05) is 24.2 Å². The van der Waals surface area contributed by atoms with E-state index in [4.69, 9.17) is 11.6 Å². The lowest BCUT2D eigenvalue weighted by atomic mass is 10.2. The topological polar surface area (TPSA) is 30.0 Å². The fourth-order valence-electron chi connectivity index (χ4n) is 0.963. The van der Waals surface area contributed by atoms with Crippen LogP contribution in [0.2, 0.25) is 0 Å². The van der Waals surface area contributed by atoms with Crippen LogP contribution in [0.5, 0.6) is 0 Å². The van der Waals surface area contributed by atoms with Gasteiger partial charge in [-0.3, -0.25) is 9.78 Å². The molecule has 1 heterocycles. The van der Waals surface area contributed by atoms with Gasteiger partial charge in [-0.1, -0.05) is 0 Å². The third-order valence-electron chi connectivity index (χ3n) is 1.47. The average molecular weight is 220 g/mol. The van der Waals surface area contributed by atoms with Gasteiger partial charge in [0.15, 0.2) is 0 Å². The van der Waals surface area contributed by atoms with Crippen LogP contribution < -0.4 is 0 Å². The maximum absolute atomic E-state index is 10.7. The molecule has 0 aromatic carbocycles. The predicted molar refractivity (Wildman–Crippen MR) is 55.4 cm³/mol. The Balaban J connectivity index is 0.00000144. The molecule has 0 bridgehead atoms. The molecule has 1 aromatic heterocycles. The summed E-state index contributed by atoms with van der Waals surface area (Å²) in [5.41, 5.74) is 1.79. The zero-order valence-electron chi connectivity index (χ0n) is 7.29. The lowest BCUT2D eigenvalue weighted by Crippen LogP contribution is -1.99. The maximum Gasteiger partial charge on any atom is 0.135 e. The summed E-state index contributed by atoms with van der Waals surface area (Å²) in [6.45, 7) is 1.55. The molecule has 0 saturated heterocycles. The van der Waals surface area contributed by atoms with Crippen LogP contribution in [0.25, 0.3) is 0 Å². The van der Waals surface area contributed by atoms with Crippen LogP contribution in [0.15, 0.2) is 18.3 Å². The quantitative estimate of drug-likeness (QED) is 0.732. The van der Waals surface area contributed by atoms with Crippen molar-refractivity contribution in [2.75, 3.05) is 0 Å². The summed E-state index contributed by atoms with van der Waals surface area (Å²) < 4.78 is 0. The number of aromatic nitrogens is 1. The van der Waals surface area contributed by atoms with E-state index in [-0.39, 0.29) is 18.2 Å². The zero-order valence-corrected chi connectivity index (χ0v) is 8.86. The van der Waals surface area contributed by atoms with Gasteiger partial charge in [0.25, 0.3) is 0 Å². The monoisotopic (exact) mass is 219 g/mol. The van der Waals surface area contributed by atoms with Crippen molar-refractivity contribution >= 4 is 29.8 Å². The average Bonchev–Trinajstić information content (AvgIpc) is 2.03. The van der Waals surface area contributed by atoms with Crippen LogP contribution in [0.4, 0.5) is 0 Å². The van der Waals surface area contributed by atoms with Gasteiger partial charge in [0.2, 0.25) is 0 Å². The second kappa shape index (κ2) is 5.95. The summed E-state index contributed by atoms with van der Waals surface area (Å²) in [5.74, 6) is 0.585. The number of ketones is 1. The first-order valence-electron chi connectivity index (χ1n) is 3.71. The van der Waals surface area contributed by atoms with Gasteiger partial charge in [-0.05, 0) is 24.6 Å². The predicted octanol–water partition coefficient (Wildman–Crippen LogP) is 2.37. The fourth-order valence-corrected chi connectivity index (χ4v) is 1.13. The molecule has 0 amide bonds. The summed E-state index contributed by atoms with van der Waals surface area (Å²) in [7, 11) is 0. The summed E-state index contributed by atoms with van der Waals surface area (Å²) >= 11 is 5.62. The van der Waals surface area contributed by atoms with Gasteiger partial charge >= 0.3 is 0 Å². The molecule has 0 fully saturated rings. The molecule has 4 heteroatoms. The van der Waals surface area contributed by atoms with Gasteiger partial charge in [-0.15, -0.1) is 24.0 Å². The number of carbonyl (C=O) groups excluding carboxylic acids is 1. The van der Waals surface area contributed by atoms with Crippen molar-refractivity contribution < 1.29 is 4.79 Å². The van der Waals surface area contributed by atoms with E-state index < -0.39 is 0 Å². The minimum Gasteiger partial charge on any atom is -0.300 e. The zero-order chi connectivity index (χ0) is 8.97. The molecule has 72 valence electrons. The summed E-state index contributed by atoms with van der Waals surface area (Å²) in [4.78, 5) is 14.8. The Hall–Kier alpha value is -0.600. The van der Waals surface area contributed by atoms with Gasteiger partial charge in [0.05, 0.1) is 0 Å². The molecule has 1 aromatic rings. The minimum atomic E-state index is 0. The highest BCUT2D eigenvalue weighted by Gasteiger charge is 1.99. The first kappa shape index (κ1) is 12.4. The molecule has 2 nitrogen and oxygen atoms in total. The lowest BCUT2D eigenvalue weighted by molar-refractivity contribution is -0.116. The molecule has 0 saturated carbocycles. The number of nitrogens with zero attached hydrogens (tertiary/aromatic N) is 1. The van der Waals surface area contributed by atoms with Crippen molar-refractivity contribution in [1.82, 2.24) is 4.98 Å². The molecule has 0 aliphatic rings. The van der Waals surface area contributed by atoms with Crippen molar-refractivity contribution in [1.29, 1.82) is 0 Å². The van der Waals surface area contributed by atoms with Gasteiger partial charge in [-0.25, -0.2) is 0 Å². The molecule has 0 N–H and O–H groups in total. The number of halogens is 2. The number of hydrogen-bond acceptors (Lipinski definition) is 2. The van der Waals surface area contributed by atoms with Crippen LogP contribution in [0.1, 0.15) is 18.2 Å². The van der Waals surface area contributed by atoms with Crippen LogP contribution in [0, 0.1) is 0 Å². The Morgan fingerprint density at radius 1 is 1.62 bits per heavy atom. The standard InChI is InChI=1S/C9H10ClNO.ClH/c1-7(12)4-9-5-8(6-10)2-3-11-9;/h2-3,5H,4,6H2,1H3;1H. The molecular weight excluding hydrogens is 209 g/mol. The van der Waals surface area contributed by atoms with Crippen LogP contribution in [-0.4, -0.2) is 10.8 Å². The second-order valence-electron chi connectivity index (χ2n) is 2.67. The number of alkyl halides is 1. The highest BCUT2D eigenvalue weighted by molar-refractivity contribution is 6.17. The number of rotatable bonds is 3. The summed E-state index contributed by atoms with van der Waals surface area (Å²) in [5, 5.41) is 0. The molecule has 13 heavy (non-hydrogen) atoms. The van der Waals surface area contributed by atoms with Crippen LogP contribution in [-0.2, 0) is 17.1 Å². The Morgan fingerprint density at radius 3 is 2.85 bits per heavy atom. The Kier molecular flexibility index (Phi) is 5.67. The van der Waals surface area contributed by atoms with Gasteiger partial charge < -0.3 is 0 Å². The second-order valence-corrected chi connectivity index (χ2v) is 2.94. The highest BCUT2D eigenvalue weighted by atomic mass is 35.5. The highest BCUT2D eigenvalue weighted by Crippen LogP contribution is 2.05. The Labute approximate surface area is 88.7 Å². The van der Waals surface area contributed by atoms with Gasteiger partial charge in [0.1, 0.15) is 5.78 Å². The van der Waals surface area contributed by atoms with E-state index in [0.29, 0.717) is 12.3 Å². The molecule has 0 spiro atoms. The van der Waals surface area contributed by atoms with E-state index in [1.54, 1.807) is 13.1 Å². The maximum atomic E-state index is 10.7. The van der Waals surface area contributed by atoms with Crippen molar-refractivity contribution in [2.45, 2.75) is 19.2 Å². The van der Waals surface area contributed by atoms with E-state index in [2.05, 4.69) is 4.98 Å². The summed E-state index contributed by atoms with van der Waals surface area (Å²) in [6.07, 6.45) is 2.07. The molecule has 0 atom stereocenters.